The number of phenols is 1. The minimum atomic E-state index is 0.306. The Hall–Kier alpha value is -1.46. The third-order valence-corrected chi connectivity index (χ3v) is 6.23. The molecule has 21 heavy (non-hydrogen) atoms. The maximum absolute atomic E-state index is 9.97. The van der Waals surface area contributed by atoms with Crippen molar-refractivity contribution in [3.63, 3.8) is 0 Å². The summed E-state index contributed by atoms with van der Waals surface area (Å²) in [4.78, 5) is 2.53. The molecule has 2 heteroatoms. The Morgan fingerprint density at radius 1 is 1.33 bits per heavy atom. The number of phenolic OH excluding ortho intramolecular Hbond substituents is 1. The van der Waals surface area contributed by atoms with Crippen molar-refractivity contribution in [2.45, 2.75) is 50.0 Å². The highest BCUT2D eigenvalue weighted by Crippen LogP contribution is 2.56. The number of fused-ring (bicyclic) bond motifs is 1. The molecule has 1 N–H and O–H groups in total. The Labute approximate surface area is 127 Å². The zero-order valence-electron chi connectivity index (χ0n) is 12.5. The fourth-order valence-electron chi connectivity index (χ4n) is 5.39. The maximum atomic E-state index is 9.97. The standard InChI is InChI=1S/C19H23NO/c1-2-10-20-11-9-19-8-4-3-5-16(19)18(20)12-14-6-7-15(21)13-17(14)19/h1,6-7,13,16,18,21H,3-5,8-12H2/t16-,18-,19-/m0/s1. The van der Waals surface area contributed by atoms with Crippen LogP contribution in [0.4, 0.5) is 0 Å². The first-order valence-electron chi connectivity index (χ1n) is 8.24. The monoisotopic (exact) mass is 281 g/mol. The molecule has 4 rings (SSSR count). The molecule has 0 amide bonds. The molecule has 0 aromatic heterocycles. The lowest BCUT2D eigenvalue weighted by atomic mass is 9.52. The molecule has 1 saturated carbocycles. The van der Waals surface area contributed by atoms with Crippen LogP contribution in [0.1, 0.15) is 43.2 Å². The van der Waals surface area contributed by atoms with Gasteiger partial charge in [0.2, 0.25) is 0 Å². The summed E-state index contributed by atoms with van der Waals surface area (Å²) in [6.45, 7) is 1.89. The number of aromatic hydroxyl groups is 1. The number of nitrogens with zero attached hydrogens (tertiary/aromatic N) is 1. The number of terminal acetylenes is 1. The zero-order valence-corrected chi connectivity index (χ0v) is 12.5. The smallest absolute Gasteiger partial charge is 0.115 e. The second-order valence-corrected chi connectivity index (χ2v) is 7.05. The molecule has 1 heterocycles. The Kier molecular flexibility index (Phi) is 3.01. The molecule has 1 aromatic rings. The van der Waals surface area contributed by atoms with E-state index in [1.807, 2.05) is 6.07 Å². The van der Waals surface area contributed by atoms with Crippen LogP contribution >= 0.6 is 0 Å². The SMILES string of the molecule is C#CCN1CC[C@@]23CCCC[C@H]2[C@@H]1Cc1ccc(O)cc13. The van der Waals surface area contributed by atoms with Gasteiger partial charge in [0.15, 0.2) is 0 Å². The van der Waals surface area contributed by atoms with Crippen molar-refractivity contribution in [2.24, 2.45) is 5.92 Å². The van der Waals surface area contributed by atoms with Gasteiger partial charge in [0.05, 0.1) is 6.54 Å². The van der Waals surface area contributed by atoms with E-state index < -0.39 is 0 Å². The van der Waals surface area contributed by atoms with Crippen LogP contribution in [0.3, 0.4) is 0 Å². The van der Waals surface area contributed by atoms with Crippen molar-refractivity contribution in [1.29, 1.82) is 0 Å². The quantitative estimate of drug-likeness (QED) is 0.800. The number of benzene rings is 1. The van der Waals surface area contributed by atoms with E-state index in [0.29, 0.717) is 17.2 Å². The van der Waals surface area contributed by atoms with E-state index >= 15 is 0 Å². The molecule has 1 saturated heterocycles. The van der Waals surface area contributed by atoms with Crippen LogP contribution < -0.4 is 0 Å². The lowest BCUT2D eigenvalue weighted by Crippen LogP contribution is -2.60. The van der Waals surface area contributed by atoms with Crippen molar-refractivity contribution < 1.29 is 5.11 Å². The predicted octanol–water partition coefficient (Wildman–Crippen LogP) is 3.08. The largest absolute Gasteiger partial charge is 0.508 e. The summed E-state index contributed by atoms with van der Waals surface area (Å²) in [6, 6.07) is 6.65. The van der Waals surface area contributed by atoms with E-state index in [1.54, 1.807) is 0 Å². The molecule has 2 bridgehead atoms. The predicted molar refractivity (Wildman–Crippen MR) is 84.3 cm³/mol. The summed E-state index contributed by atoms with van der Waals surface area (Å²) in [5.74, 6) is 4.01. The molecule has 0 spiro atoms. The highest BCUT2D eigenvalue weighted by molar-refractivity contribution is 5.45. The van der Waals surface area contributed by atoms with Gasteiger partial charge < -0.3 is 5.11 Å². The number of rotatable bonds is 1. The van der Waals surface area contributed by atoms with Crippen LogP contribution in [0.2, 0.25) is 0 Å². The highest BCUT2D eigenvalue weighted by Gasteiger charge is 2.53. The van der Waals surface area contributed by atoms with E-state index in [0.717, 1.165) is 25.4 Å². The van der Waals surface area contributed by atoms with Gasteiger partial charge in [0.25, 0.3) is 0 Å². The second kappa shape index (κ2) is 4.78. The van der Waals surface area contributed by atoms with Crippen molar-refractivity contribution in [3.8, 4) is 18.1 Å². The topological polar surface area (TPSA) is 23.5 Å². The lowest BCUT2D eigenvalue weighted by molar-refractivity contribution is -0.00416. The van der Waals surface area contributed by atoms with Gasteiger partial charge in [0, 0.05) is 18.0 Å². The Balaban J connectivity index is 1.84. The van der Waals surface area contributed by atoms with Crippen LogP contribution in [0.15, 0.2) is 18.2 Å². The number of piperidine rings is 1. The van der Waals surface area contributed by atoms with Gasteiger partial charge in [-0.25, -0.2) is 0 Å². The number of hydrogen-bond acceptors (Lipinski definition) is 2. The van der Waals surface area contributed by atoms with Crippen LogP contribution in [-0.2, 0) is 11.8 Å². The van der Waals surface area contributed by atoms with Crippen molar-refractivity contribution >= 4 is 0 Å². The summed E-state index contributed by atoms with van der Waals surface area (Å²) in [7, 11) is 0. The van der Waals surface area contributed by atoms with Crippen LogP contribution in [0, 0.1) is 18.3 Å². The summed E-state index contributed by atoms with van der Waals surface area (Å²) in [5, 5.41) is 9.97. The average molecular weight is 281 g/mol. The Morgan fingerprint density at radius 3 is 3.10 bits per heavy atom. The molecule has 3 atom stereocenters. The molecular formula is C19H23NO. The van der Waals surface area contributed by atoms with Gasteiger partial charge >= 0.3 is 0 Å². The van der Waals surface area contributed by atoms with Crippen molar-refractivity contribution in [2.75, 3.05) is 13.1 Å². The molecule has 3 aliphatic rings. The van der Waals surface area contributed by atoms with Crippen molar-refractivity contribution in [3.05, 3.63) is 29.3 Å². The van der Waals surface area contributed by atoms with Gasteiger partial charge in [-0.05, 0) is 54.9 Å². The van der Waals surface area contributed by atoms with Gasteiger partial charge in [-0.2, -0.15) is 0 Å². The van der Waals surface area contributed by atoms with E-state index in [9.17, 15) is 5.11 Å². The minimum Gasteiger partial charge on any atom is -0.508 e. The molecule has 0 unspecified atom stereocenters. The summed E-state index contributed by atoms with van der Waals surface area (Å²) >= 11 is 0. The Bertz CT molecular complexity index is 602. The van der Waals surface area contributed by atoms with E-state index in [1.165, 1.54) is 43.2 Å². The van der Waals surface area contributed by atoms with Crippen molar-refractivity contribution in [1.82, 2.24) is 4.90 Å². The fraction of sp³-hybridized carbons (Fsp3) is 0.579. The first kappa shape index (κ1) is 13.2. The molecule has 110 valence electrons. The normalized spacial score (nSPS) is 34.6. The average Bonchev–Trinajstić information content (AvgIpc) is 2.51. The minimum absolute atomic E-state index is 0.306. The number of likely N-dealkylation sites (tertiary alicyclic amines) is 1. The fourth-order valence-corrected chi connectivity index (χ4v) is 5.39. The number of hydrogen-bond donors (Lipinski definition) is 1. The second-order valence-electron chi connectivity index (χ2n) is 7.05. The molecule has 0 radical (unpaired) electrons. The molecule has 2 fully saturated rings. The first-order valence-corrected chi connectivity index (χ1v) is 8.24. The molecule has 1 aliphatic heterocycles. The van der Waals surface area contributed by atoms with Gasteiger partial charge in [-0.15, -0.1) is 6.42 Å². The molecule has 1 aromatic carbocycles. The van der Waals surface area contributed by atoms with E-state index in [-0.39, 0.29) is 0 Å². The zero-order chi connectivity index (χ0) is 14.4. The third-order valence-electron chi connectivity index (χ3n) is 6.23. The molecule has 2 aliphatic carbocycles. The molecule has 2 nitrogen and oxygen atoms in total. The third kappa shape index (κ3) is 1.84. The summed E-state index contributed by atoms with van der Waals surface area (Å²) in [5.41, 5.74) is 3.20. The van der Waals surface area contributed by atoms with Crippen LogP contribution in [-0.4, -0.2) is 29.1 Å². The summed E-state index contributed by atoms with van der Waals surface area (Å²) < 4.78 is 0. The van der Waals surface area contributed by atoms with Gasteiger partial charge in [-0.3, -0.25) is 4.90 Å². The van der Waals surface area contributed by atoms with Crippen LogP contribution in [0.25, 0.3) is 0 Å². The van der Waals surface area contributed by atoms with Gasteiger partial charge in [-0.1, -0.05) is 24.8 Å². The highest BCUT2D eigenvalue weighted by atomic mass is 16.3. The van der Waals surface area contributed by atoms with E-state index in [2.05, 4.69) is 23.0 Å². The summed E-state index contributed by atoms with van der Waals surface area (Å²) in [6.07, 6.45) is 13.2. The lowest BCUT2D eigenvalue weighted by Gasteiger charge is -2.58. The van der Waals surface area contributed by atoms with Crippen LogP contribution in [0.5, 0.6) is 5.75 Å². The Morgan fingerprint density at radius 2 is 2.24 bits per heavy atom. The molecular weight excluding hydrogens is 258 g/mol. The first-order chi connectivity index (χ1) is 10.2. The van der Waals surface area contributed by atoms with E-state index in [4.69, 9.17) is 6.42 Å². The van der Waals surface area contributed by atoms with Gasteiger partial charge in [0.1, 0.15) is 5.75 Å². The maximum Gasteiger partial charge on any atom is 0.115 e.